The first kappa shape index (κ1) is 26.6. The van der Waals surface area contributed by atoms with Crippen LogP contribution in [0.15, 0.2) is 30.3 Å². The largest absolute Gasteiger partial charge is 0.369 e. The van der Waals surface area contributed by atoms with Crippen LogP contribution in [0.3, 0.4) is 0 Å². The third-order valence-corrected chi connectivity index (χ3v) is 7.93. The highest BCUT2D eigenvalue weighted by Crippen LogP contribution is 2.38. The number of nitrogens with two attached hydrogens (primary N) is 1. The molecule has 36 heavy (non-hydrogen) atoms. The molecule has 1 atom stereocenters. The third-order valence-electron chi connectivity index (χ3n) is 7.93. The second-order valence-electron chi connectivity index (χ2n) is 10.6. The molecule has 4 N–H and O–H groups in total. The molecule has 1 aliphatic carbocycles. The number of nitrogens with zero attached hydrogens (tertiary/aromatic N) is 1. The second kappa shape index (κ2) is 12.7. The number of nitrogens with one attached hydrogen (secondary N) is 2. The zero-order valence-electron chi connectivity index (χ0n) is 21.1. The maximum Gasteiger partial charge on any atom is 0.242 e. The quantitative estimate of drug-likeness (QED) is 0.415. The van der Waals surface area contributed by atoms with E-state index in [1.54, 1.807) is 0 Å². The lowest BCUT2D eigenvalue weighted by Crippen LogP contribution is -2.55. The van der Waals surface area contributed by atoms with Gasteiger partial charge in [0.1, 0.15) is 18.2 Å². The summed E-state index contributed by atoms with van der Waals surface area (Å²) in [6.45, 7) is 5.43. The summed E-state index contributed by atoms with van der Waals surface area (Å²) in [5.74, 6) is -0.435. The van der Waals surface area contributed by atoms with Gasteiger partial charge in [-0.3, -0.25) is 14.4 Å². The van der Waals surface area contributed by atoms with Crippen molar-refractivity contribution in [2.24, 2.45) is 23.0 Å². The number of benzene rings is 1. The van der Waals surface area contributed by atoms with Gasteiger partial charge in [-0.2, -0.15) is 0 Å². The summed E-state index contributed by atoms with van der Waals surface area (Å²) in [7, 11) is 0. The Morgan fingerprint density at radius 3 is 2.33 bits per heavy atom. The van der Waals surface area contributed by atoms with Crippen LogP contribution in [0.25, 0.3) is 0 Å². The molecular formula is C27H40N4O5. The molecular weight excluding hydrogens is 460 g/mol. The molecule has 9 nitrogen and oxygen atoms in total. The number of likely N-dealkylation sites (tertiary alicyclic amines) is 1. The van der Waals surface area contributed by atoms with Gasteiger partial charge in [-0.1, -0.05) is 43.2 Å². The summed E-state index contributed by atoms with van der Waals surface area (Å²) in [6, 6.07) is 8.84. The number of hydrogen-bond acceptors (Lipinski definition) is 6. The lowest BCUT2D eigenvalue weighted by Gasteiger charge is -2.35. The number of ether oxygens (including phenoxy) is 2. The molecule has 3 aliphatic rings. The molecule has 3 amide bonds. The van der Waals surface area contributed by atoms with E-state index in [2.05, 4.69) is 15.5 Å². The molecule has 0 aromatic heterocycles. The molecule has 9 heteroatoms. The highest BCUT2D eigenvalue weighted by Gasteiger charge is 2.47. The summed E-state index contributed by atoms with van der Waals surface area (Å²) in [4.78, 5) is 41.1. The van der Waals surface area contributed by atoms with E-state index in [0.29, 0.717) is 44.4 Å². The third kappa shape index (κ3) is 6.83. The molecule has 0 bridgehead atoms. The summed E-state index contributed by atoms with van der Waals surface area (Å²) in [5.41, 5.74) is 5.38. The number of carbonyl (C=O) groups is 3. The number of hydrogen-bond donors (Lipinski definition) is 3. The molecule has 198 valence electrons. The topological polar surface area (TPSA) is 123 Å². The smallest absolute Gasteiger partial charge is 0.242 e. The number of primary amides is 1. The minimum Gasteiger partial charge on any atom is -0.369 e. The van der Waals surface area contributed by atoms with Crippen LogP contribution in [0.1, 0.15) is 44.1 Å². The van der Waals surface area contributed by atoms with Crippen LogP contribution < -0.4 is 16.4 Å². The summed E-state index contributed by atoms with van der Waals surface area (Å²) in [6.07, 6.45) is 4.81. The fourth-order valence-corrected chi connectivity index (χ4v) is 5.67. The SMILES string of the molecule is NC(=O)C1(C(=O)N[C@H](Cc2ccccc2)C(=O)NCC2CCN(CC3COCOC3)CC2)CCCC1. The fourth-order valence-electron chi connectivity index (χ4n) is 5.67. The zero-order valence-corrected chi connectivity index (χ0v) is 21.1. The van der Waals surface area contributed by atoms with Gasteiger partial charge < -0.3 is 30.7 Å². The maximum absolute atomic E-state index is 13.3. The van der Waals surface area contributed by atoms with Gasteiger partial charge in [0.2, 0.25) is 17.7 Å². The van der Waals surface area contributed by atoms with Crippen LogP contribution in [-0.2, 0) is 30.3 Å². The highest BCUT2D eigenvalue weighted by atomic mass is 16.7. The van der Waals surface area contributed by atoms with Crippen molar-refractivity contribution in [3.05, 3.63) is 35.9 Å². The maximum atomic E-state index is 13.3. The molecule has 4 rings (SSSR count). The Labute approximate surface area is 213 Å². The van der Waals surface area contributed by atoms with Gasteiger partial charge in [-0.05, 0) is 50.3 Å². The van der Waals surface area contributed by atoms with Gasteiger partial charge in [0.05, 0.1) is 13.2 Å². The van der Waals surface area contributed by atoms with Crippen LogP contribution in [0.5, 0.6) is 0 Å². The van der Waals surface area contributed by atoms with Crippen molar-refractivity contribution in [3.63, 3.8) is 0 Å². The van der Waals surface area contributed by atoms with E-state index >= 15 is 0 Å². The monoisotopic (exact) mass is 500 g/mol. The van der Waals surface area contributed by atoms with Gasteiger partial charge in [0, 0.05) is 25.4 Å². The summed E-state index contributed by atoms with van der Waals surface area (Å²) in [5, 5.41) is 5.96. The standard InChI is InChI=1S/C27H40N4O5/c28-25(33)27(10-4-5-11-27)26(34)30-23(14-20-6-2-1-3-7-20)24(32)29-15-21-8-12-31(13-9-21)16-22-17-35-19-36-18-22/h1-3,6-7,21-23H,4-5,8-19H2,(H2,28,33)(H,29,32)(H,30,34)/t23-/m1/s1. The molecule has 2 heterocycles. The zero-order chi connectivity index (χ0) is 25.4. The highest BCUT2D eigenvalue weighted by molar-refractivity contribution is 6.05. The summed E-state index contributed by atoms with van der Waals surface area (Å²) < 4.78 is 10.8. The number of rotatable bonds is 10. The predicted molar refractivity (Wildman–Crippen MR) is 135 cm³/mol. The Bertz CT molecular complexity index is 875. The molecule has 1 aromatic rings. The van der Waals surface area contributed by atoms with Crippen molar-refractivity contribution in [3.8, 4) is 0 Å². The average molecular weight is 501 g/mol. The van der Waals surface area contributed by atoms with Gasteiger partial charge in [0.15, 0.2) is 0 Å². The molecule has 1 aromatic carbocycles. The van der Waals surface area contributed by atoms with E-state index in [4.69, 9.17) is 15.2 Å². The van der Waals surface area contributed by atoms with Crippen molar-refractivity contribution >= 4 is 17.7 Å². The lowest BCUT2D eigenvalue weighted by atomic mass is 9.84. The van der Waals surface area contributed by atoms with Crippen molar-refractivity contribution < 1.29 is 23.9 Å². The molecule has 0 radical (unpaired) electrons. The number of piperidine rings is 1. The van der Waals surface area contributed by atoms with Gasteiger partial charge in [-0.15, -0.1) is 0 Å². The van der Waals surface area contributed by atoms with E-state index in [1.165, 1.54) is 0 Å². The summed E-state index contributed by atoms with van der Waals surface area (Å²) >= 11 is 0. The molecule has 2 saturated heterocycles. The Morgan fingerprint density at radius 1 is 1.03 bits per heavy atom. The van der Waals surface area contributed by atoms with Crippen molar-refractivity contribution in [2.75, 3.05) is 46.2 Å². The number of carbonyl (C=O) groups excluding carboxylic acids is 3. The first-order chi connectivity index (χ1) is 17.5. The van der Waals surface area contributed by atoms with Crippen molar-refractivity contribution in [1.82, 2.24) is 15.5 Å². The normalized spacial score (nSPS) is 22.1. The van der Waals surface area contributed by atoms with Gasteiger partial charge in [-0.25, -0.2) is 0 Å². The van der Waals surface area contributed by atoms with Gasteiger partial charge >= 0.3 is 0 Å². The molecule has 1 saturated carbocycles. The van der Waals surface area contributed by atoms with E-state index in [0.717, 1.165) is 64.1 Å². The molecule has 3 fully saturated rings. The Kier molecular flexibility index (Phi) is 9.34. The molecule has 0 unspecified atom stereocenters. The first-order valence-electron chi connectivity index (χ1n) is 13.3. The Morgan fingerprint density at radius 2 is 1.69 bits per heavy atom. The predicted octanol–water partition coefficient (Wildman–Crippen LogP) is 1.21. The minimum absolute atomic E-state index is 0.219. The Balaban J connectivity index is 1.30. The van der Waals surface area contributed by atoms with E-state index in [9.17, 15) is 14.4 Å². The van der Waals surface area contributed by atoms with E-state index < -0.39 is 23.3 Å². The van der Waals surface area contributed by atoms with E-state index in [-0.39, 0.29) is 5.91 Å². The van der Waals surface area contributed by atoms with Crippen LogP contribution in [0, 0.1) is 17.3 Å². The van der Waals surface area contributed by atoms with Crippen LogP contribution >= 0.6 is 0 Å². The van der Waals surface area contributed by atoms with Crippen LogP contribution in [-0.4, -0.2) is 74.8 Å². The van der Waals surface area contributed by atoms with Gasteiger partial charge in [0.25, 0.3) is 0 Å². The lowest BCUT2D eigenvalue weighted by molar-refractivity contribution is -0.143. The van der Waals surface area contributed by atoms with Crippen molar-refractivity contribution in [1.29, 1.82) is 0 Å². The Hall–Kier alpha value is -2.49. The fraction of sp³-hybridized carbons (Fsp3) is 0.667. The van der Waals surface area contributed by atoms with Crippen LogP contribution in [0.2, 0.25) is 0 Å². The molecule has 2 aliphatic heterocycles. The van der Waals surface area contributed by atoms with Crippen LogP contribution in [0.4, 0.5) is 0 Å². The minimum atomic E-state index is -1.21. The molecule has 0 spiro atoms. The van der Waals surface area contributed by atoms with Crippen molar-refractivity contribution in [2.45, 2.75) is 51.0 Å². The number of amides is 3. The first-order valence-corrected chi connectivity index (χ1v) is 13.3. The average Bonchev–Trinajstić information content (AvgIpc) is 3.41. The second-order valence-corrected chi connectivity index (χ2v) is 10.6. The van der Waals surface area contributed by atoms with E-state index in [1.807, 2.05) is 30.3 Å².